The largest absolute Gasteiger partial charge is 0.417 e. The molecule has 0 atom stereocenters. The molecule has 0 aliphatic carbocycles. The van der Waals surface area contributed by atoms with E-state index >= 15 is 0 Å². The SMILES string of the molecule is O=C(CN1CCN(c2ncc(C(F)(F)F)cc2Cl)CC1)Nc1ccc(I)cn1. The quantitative estimate of drug-likeness (QED) is 0.619. The third-order valence-electron chi connectivity index (χ3n) is 4.18. The number of alkyl halides is 3. The minimum atomic E-state index is -4.48. The van der Waals surface area contributed by atoms with E-state index in [1.54, 1.807) is 12.3 Å². The zero-order valence-electron chi connectivity index (χ0n) is 14.5. The number of piperazine rings is 1. The maximum Gasteiger partial charge on any atom is 0.417 e. The normalized spacial score (nSPS) is 15.5. The first kappa shape index (κ1) is 21.1. The minimum absolute atomic E-state index is 0.0363. The maximum atomic E-state index is 12.7. The van der Waals surface area contributed by atoms with Gasteiger partial charge < -0.3 is 10.2 Å². The van der Waals surface area contributed by atoms with Gasteiger partial charge in [-0.05, 0) is 40.8 Å². The van der Waals surface area contributed by atoms with Crippen LogP contribution in [0.1, 0.15) is 5.56 Å². The number of pyridine rings is 2. The Labute approximate surface area is 178 Å². The summed E-state index contributed by atoms with van der Waals surface area (Å²) in [6, 6.07) is 4.47. The number of halogens is 5. The molecule has 0 aromatic carbocycles. The van der Waals surface area contributed by atoms with E-state index < -0.39 is 11.7 Å². The predicted octanol–water partition coefficient (Wildman–Crippen LogP) is 3.51. The van der Waals surface area contributed by atoms with Crippen LogP contribution < -0.4 is 10.2 Å². The highest BCUT2D eigenvalue weighted by molar-refractivity contribution is 14.1. The Balaban J connectivity index is 1.53. The second-order valence-electron chi connectivity index (χ2n) is 6.20. The Bertz CT molecular complexity index is 842. The van der Waals surface area contributed by atoms with Crippen molar-refractivity contribution in [2.45, 2.75) is 6.18 Å². The van der Waals surface area contributed by atoms with Crippen LogP contribution in [0.15, 0.2) is 30.6 Å². The van der Waals surface area contributed by atoms with Crippen LogP contribution in [0.4, 0.5) is 24.8 Å². The third kappa shape index (κ3) is 5.45. The fraction of sp³-hybridized carbons (Fsp3) is 0.353. The van der Waals surface area contributed by atoms with E-state index in [4.69, 9.17) is 11.6 Å². The molecule has 1 saturated heterocycles. The number of carbonyl (C=O) groups is 1. The molecule has 1 N–H and O–H groups in total. The van der Waals surface area contributed by atoms with Crippen LogP contribution in [0.5, 0.6) is 0 Å². The fourth-order valence-electron chi connectivity index (χ4n) is 2.77. The molecule has 28 heavy (non-hydrogen) atoms. The van der Waals surface area contributed by atoms with E-state index in [0.29, 0.717) is 37.8 Å². The van der Waals surface area contributed by atoms with Gasteiger partial charge in [-0.25, -0.2) is 9.97 Å². The van der Waals surface area contributed by atoms with Gasteiger partial charge in [0.1, 0.15) is 11.6 Å². The first-order valence-corrected chi connectivity index (χ1v) is 9.79. The predicted molar refractivity (Wildman–Crippen MR) is 108 cm³/mol. The standard InChI is InChI=1S/C17H16ClF3IN5O/c18-13-7-11(17(19,20)21)8-24-16(13)27-5-3-26(4-6-27)10-15(28)25-14-2-1-12(22)9-23-14/h1-2,7-9H,3-6,10H2,(H,23,25,28). The van der Waals surface area contributed by atoms with Crippen molar-refractivity contribution < 1.29 is 18.0 Å². The van der Waals surface area contributed by atoms with E-state index in [1.165, 1.54) is 0 Å². The van der Waals surface area contributed by atoms with Crippen LogP contribution in [0.2, 0.25) is 5.02 Å². The van der Waals surface area contributed by atoms with E-state index in [1.807, 2.05) is 15.9 Å². The molecule has 1 aliphatic rings. The minimum Gasteiger partial charge on any atom is -0.353 e. The number of hydrogen-bond donors (Lipinski definition) is 1. The highest BCUT2D eigenvalue weighted by Gasteiger charge is 2.32. The van der Waals surface area contributed by atoms with Gasteiger partial charge in [-0.15, -0.1) is 0 Å². The molecule has 3 rings (SSSR count). The zero-order valence-corrected chi connectivity index (χ0v) is 17.4. The number of aromatic nitrogens is 2. The van der Waals surface area contributed by atoms with Gasteiger partial charge in [0.2, 0.25) is 5.91 Å². The molecule has 6 nitrogen and oxygen atoms in total. The Kier molecular flexibility index (Phi) is 6.61. The number of nitrogens with one attached hydrogen (secondary N) is 1. The highest BCUT2D eigenvalue weighted by Crippen LogP contribution is 2.33. The number of rotatable bonds is 4. The van der Waals surface area contributed by atoms with Crippen molar-refractivity contribution in [3.05, 3.63) is 44.7 Å². The van der Waals surface area contributed by atoms with Gasteiger partial charge in [0, 0.05) is 42.1 Å². The summed E-state index contributed by atoms with van der Waals surface area (Å²) >= 11 is 8.13. The van der Waals surface area contributed by atoms with Gasteiger partial charge >= 0.3 is 6.18 Å². The van der Waals surface area contributed by atoms with Crippen molar-refractivity contribution in [3.63, 3.8) is 0 Å². The number of anilines is 2. The third-order valence-corrected chi connectivity index (χ3v) is 5.10. The van der Waals surface area contributed by atoms with Crippen LogP contribution in [-0.4, -0.2) is 53.5 Å². The summed E-state index contributed by atoms with van der Waals surface area (Å²) in [4.78, 5) is 23.9. The van der Waals surface area contributed by atoms with Crippen LogP contribution >= 0.6 is 34.2 Å². The van der Waals surface area contributed by atoms with Gasteiger partial charge in [0.15, 0.2) is 0 Å². The molecular weight excluding hydrogens is 510 g/mol. The second-order valence-corrected chi connectivity index (χ2v) is 7.85. The molecule has 3 heterocycles. The van der Waals surface area contributed by atoms with Crippen LogP contribution in [0.25, 0.3) is 0 Å². The molecule has 0 bridgehead atoms. The lowest BCUT2D eigenvalue weighted by Crippen LogP contribution is -2.49. The lowest BCUT2D eigenvalue weighted by Gasteiger charge is -2.35. The Hall–Kier alpha value is -1.66. The van der Waals surface area contributed by atoms with Crippen molar-refractivity contribution in [2.24, 2.45) is 0 Å². The summed E-state index contributed by atoms with van der Waals surface area (Å²) in [7, 11) is 0. The van der Waals surface area contributed by atoms with Gasteiger partial charge in [-0.1, -0.05) is 11.6 Å². The molecule has 2 aromatic rings. The van der Waals surface area contributed by atoms with Crippen molar-refractivity contribution in [1.82, 2.24) is 14.9 Å². The monoisotopic (exact) mass is 525 g/mol. The average molecular weight is 526 g/mol. The number of hydrogen-bond acceptors (Lipinski definition) is 5. The maximum absolute atomic E-state index is 12.7. The topological polar surface area (TPSA) is 61.4 Å². The molecule has 11 heteroatoms. The summed E-state index contributed by atoms with van der Waals surface area (Å²) in [5.74, 6) is 0.638. The van der Waals surface area contributed by atoms with Gasteiger partial charge in [-0.2, -0.15) is 13.2 Å². The summed E-state index contributed by atoms with van der Waals surface area (Å²) in [5, 5.41) is 2.70. The summed E-state index contributed by atoms with van der Waals surface area (Å²) in [5.41, 5.74) is -0.874. The Morgan fingerprint density at radius 2 is 1.89 bits per heavy atom. The van der Waals surface area contributed by atoms with E-state index in [0.717, 1.165) is 15.8 Å². The average Bonchev–Trinajstić information content (AvgIpc) is 2.63. The van der Waals surface area contributed by atoms with Crippen molar-refractivity contribution in [2.75, 3.05) is 42.9 Å². The smallest absolute Gasteiger partial charge is 0.353 e. The first-order valence-electron chi connectivity index (χ1n) is 8.34. The molecule has 0 saturated carbocycles. The number of carbonyl (C=O) groups excluding carboxylic acids is 1. The molecular formula is C17H16ClF3IN5O. The Morgan fingerprint density at radius 1 is 1.18 bits per heavy atom. The molecule has 0 radical (unpaired) electrons. The van der Waals surface area contributed by atoms with E-state index in [2.05, 4.69) is 37.9 Å². The number of amides is 1. The zero-order chi connectivity index (χ0) is 20.3. The molecule has 1 aliphatic heterocycles. The molecule has 1 fully saturated rings. The van der Waals surface area contributed by atoms with E-state index in [9.17, 15) is 18.0 Å². The first-order chi connectivity index (χ1) is 13.2. The van der Waals surface area contributed by atoms with Crippen LogP contribution in [-0.2, 0) is 11.0 Å². The van der Waals surface area contributed by atoms with Gasteiger partial charge in [-0.3, -0.25) is 9.69 Å². The van der Waals surface area contributed by atoms with Crippen molar-refractivity contribution in [3.8, 4) is 0 Å². The van der Waals surface area contributed by atoms with E-state index in [-0.39, 0.29) is 17.5 Å². The van der Waals surface area contributed by atoms with Crippen LogP contribution in [0.3, 0.4) is 0 Å². The lowest BCUT2D eigenvalue weighted by atomic mass is 10.2. The lowest BCUT2D eigenvalue weighted by molar-refractivity contribution is -0.137. The fourth-order valence-corrected chi connectivity index (χ4v) is 3.38. The number of nitrogens with zero attached hydrogens (tertiary/aromatic N) is 4. The molecule has 0 unspecified atom stereocenters. The second kappa shape index (κ2) is 8.78. The van der Waals surface area contributed by atoms with Crippen molar-refractivity contribution >= 4 is 51.7 Å². The summed E-state index contributed by atoms with van der Waals surface area (Å²) in [6.45, 7) is 2.34. The molecule has 1 amide bonds. The Morgan fingerprint density at radius 3 is 2.46 bits per heavy atom. The molecule has 0 spiro atoms. The van der Waals surface area contributed by atoms with Crippen molar-refractivity contribution in [1.29, 1.82) is 0 Å². The van der Waals surface area contributed by atoms with Gasteiger partial charge in [0.25, 0.3) is 0 Å². The highest BCUT2D eigenvalue weighted by atomic mass is 127. The summed E-state index contributed by atoms with van der Waals surface area (Å²) in [6.07, 6.45) is -2.03. The summed E-state index contributed by atoms with van der Waals surface area (Å²) < 4.78 is 39.2. The molecule has 2 aromatic heterocycles. The molecule has 150 valence electrons. The van der Waals surface area contributed by atoms with Gasteiger partial charge in [0.05, 0.1) is 17.1 Å². The van der Waals surface area contributed by atoms with Crippen LogP contribution in [0, 0.1) is 3.57 Å².